The molecule has 0 bridgehead atoms. The van der Waals surface area contributed by atoms with Crippen LogP contribution in [0.4, 0.5) is 11.4 Å². The zero-order chi connectivity index (χ0) is 21.9. The summed E-state index contributed by atoms with van der Waals surface area (Å²) in [4.78, 5) is 12.7. The van der Waals surface area contributed by atoms with Crippen molar-refractivity contribution in [1.82, 2.24) is 0 Å². The molecule has 0 unspecified atom stereocenters. The van der Waals surface area contributed by atoms with Crippen LogP contribution in [-0.4, -0.2) is 33.3 Å². The first-order valence-corrected chi connectivity index (χ1v) is 11.4. The standard InChI is InChI=1S/C22H24N2O5S/c1-4-13-29-22-12-9-16-7-5-6-8-18(16)19(22)15-23(2)20-11-10-17(30(3,27)28)14-21(20)24(25)26/h5-12,14H,4,13,15H2,1-3H3. The maximum atomic E-state index is 11.8. The molecule has 0 radical (unpaired) electrons. The average molecular weight is 429 g/mol. The molecule has 3 aromatic rings. The molecule has 3 aromatic carbocycles. The van der Waals surface area contributed by atoms with E-state index in [-0.39, 0.29) is 10.6 Å². The Morgan fingerprint density at radius 1 is 1.10 bits per heavy atom. The average Bonchev–Trinajstić information content (AvgIpc) is 2.71. The number of sulfone groups is 1. The van der Waals surface area contributed by atoms with Crippen molar-refractivity contribution < 1.29 is 18.1 Å². The molecule has 0 N–H and O–H groups in total. The molecule has 0 atom stereocenters. The Morgan fingerprint density at radius 3 is 2.50 bits per heavy atom. The van der Waals surface area contributed by atoms with Gasteiger partial charge in [-0.1, -0.05) is 37.3 Å². The van der Waals surface area contributed by atoms with Crippen LogP contribution in [0.5, 0.6) is 5.75 Å². The van der Waals surface area contributed by atoms with Gasteiger partial charge in [-0.05, 0) is 35.4 Å². The normalized spacial score (nSPS) is 11.4. The number of nitro groups is 1. The number of fused-ring (bicyclic) bond motifs is 1. The maximum absolute atomic E-state index is 11.8. The zero-order valence-corrected chi connectivity index (χ0v) is 18.0. The molecular formula is C22H24N2O5S. The predicted molar refractivity (Wildman–Crippen MR) is 118 cm³/mol. The van der Waals surface area contributed by atoms with E-state index in [1.54, 1.807) is 11.9 Å². The molecule has 0 aliphatic rings. The second-order valence-corrected chi connectivity index (χ2v) is 9.16. The van der Waals surface area contributed by atoms with Gasteiger partial charge in [0.1, 0.15) is 11.4 Å². The molecule has 0 aromatic heterocycles. The van der Waals surface area contributed by atoms with E-state index < -0.39 is 14.8 Å². The molecule has 3 rings (SSSR count). The smallest absolute Gasteiger partial charge is 0.293 e. The van der Waals surface area contributed by atoms with Gasteiger partial charge in [0.15, 0.2) is 9.84 Å². The van der Waals surface area contributed by atoms with Gasteiger partial charge in [-0.3, -0.25) is 10.1 Å². The van der Waals surface area contributed by atoms with Gasteiger partial charge in [0, 0.05) is 31.5 Å². The lowest BCUT2D eigenvalue weighted by Crippen LogP contribution is -2.19. The number of hydrogen-bond acceptors (Lipinski definition) is 6. The highest BCUT2D eigenvalue weighted by Crippen LogP contribution is 2.34. The number of benzene rings is 3. The minimum atomic E-state index is -3.55. The Kier molecular flexibility index (Phi) is 6.26. The molecule has 8 heteroatoms. The SMILES string of the molecule is CCCOc1ccc2ccccc2c1CN(C)c1ccc(S(C)(=O)=O)cc1[N+](=O)[O-]. The summed E-state index contributed by atoms with van der Waals surface area (Å²) < 4.78 is 29.6. The van der Waals surface area contributed by atoms with Crippen molar-refractivity contribution in [3.05, 3.63) is 70.3 Å². The lowest BCUT2D eigenvalue weighted by molar-refractivity contribution is -0.384. The zero-order valence-electron chi connectivity index (χ0n) is 17.2. The van der Waals surface area contributed by atoms with E-state index in [9.17, 15) is 18.5 Å². The summed E-state index contributed by atoms with van der Waals surface area (Å²) in [7, 11) is -1.81. The van der Waals surface area contributed by atoms with Gasteiger partial charge in [-0.15, -0.1) is 0 Å². The van der Waals surface area contributed by atoms with Crippen LogP contribution >= 0.6 is 0 Å². The molecule has 0 saturated carbocycles. The molecule has 30 heavy (non-hydrogen) atoms. The third kappa shape index (κ3) is 4.54. The topological polar surface area (TPSA) is 89.8 Å². The molecule has 0 saturated heterocycles. The summed E-state index contributed by atoms with van der Waals surface area (Å²) in [6, 6.07) is 15.8. The van der Waals surface area contributed by atoms with Crippen LogP contribution < -0.4 is 9.64 Å². The highest BCUT2D eigenvalue weighted by molar-refractivity contribution is 7.90. The number of nitrogens with zero attached hydrogens (tertiary/aromatic N) is 2. The largest absolute Gasteiger partial charge is 0.493 e. The second-order valence-electron chi connectivity index (χ2n) is 7.15. The van der Waals surface area contributed by atoms with E-state index in [2.05, 4.69) is 0 Å². The van der Waals surface area contributed by atoms with Crippen LogP contribution in [-0.2, 0) is 16.4 Å². The highest BCUT2D eigenvalue weighted by Gasteiger charge is 2.22. The van der Waals surface area contributed by atoms with Crippen molar-refractivity contribution in [2.75, 3.05) is 24.8 Å². The molecule has 7 nitrogen and oxygen atoms in total. The monoisotopic (exact) mass is 428 g/mol. The summed E-state index contributed by atoms with van der Waals surface area (Å²) in [5.74, 6) is 0.734. The summed E-state index contributed by atoms with van der Waals surface area (Å²) >= 11 is 0. The fourth-order valence-corrected chi connectivity index (χ4v) is 3.99. The minimum absolute atomic E-state index is 0.0801. The Bertz CT molecular complexity index is 1190. The summed E-state index contributed by atoms with van der Waals surface area (Å²) in [6.45, 7) is 2.96. The van der Waals surface area contributed by atoms with Crippen LogP contribution in [0.25, 0.3) is 10.8 Å². The summed E-state index contributed by atoms with van der Waals surface area (Å²) in [5.41, 5.74) is 1.00. The van der Waals surface area contributed by atoms with Gasteiger partial charge >= 0.3 is 0 Å². The first-order chi connectivity index (χ1) is 14.2. The van der Waals surface area contributed by atoms with Gasteiger partial charge in [-0.2, -0.15) is 0 Å². The fourth-order valence-electron chi connectivity index (χ4n) is 3.35. The van der Waals surface area contributed by atoms with Gasteiger partial charge in [0.25, 0.3) is 5.69 Å². The van der Waals surface area contributed by atoms with E-state index in [0.717, 1.165) is 40.8 Å². The van der Waals surface area contributed by atoms with Crippen molar-refractivity contribution >= 4 is 32.0 Å². The van der Waals surface area contributed by atoms with Crippen molar-refractivity contribution in [2.24, 2.45) is 0 Å². The third-order valence-electron chi connectivity index (χ3n) is 4.84. The number of rotatable bonds is 8. The van der Waals surface area contributed by atoms with E-state index in [1.165, 1.54) is 12.1 Å². The van der Waals surface area contributed by atoms with Gasteiger partial charge in [-0.25, -0.2) is 8.42 Å². The lowest BCUT2D eigenvalue weighted by Gasteiger charge is -2.22. The summed E-state index contributed by atoms with van der Waals surface area (Å²) in [6.07, 6.45) is 1.89. The van der Waals surface area contributed by atoms with Gasteiger partial charge < -0.3 is 9.64 Å². The molecule has 0 aliphatic carbocycles. The van der Waals surface area contributed by atoms with Gasteiger partial charge in [0.2, 0.25) is 0 Å². The predicted octanol–water partition coefficient (Wildman–Crippen LogP) is 4.58. The molecule has 158 valence electrons. The van der Waals surface area contributed by atoms with E-state index in [1.807, 2.05) is 43.3 Å². The second kappa shape index (κ2) is 8.71. The Morgan fingerprint density at radius 2 is 1.83 bits per heavy atom. The molecule has 0 heterocycles. The van der Waals surface area contributed by atoms with Crippen LogP contribution in [0.2, 0.25) is 0 Å². The highest BCUT2D eigenvalue weighted by atomic mass is 32.2. The Hall–Kier alpha value is -3.13. The number of hydrogen-bond donors (Lipinski definition) is 0. The van der Waals surface area contributed by atoms with Crippen molar-refractivity contribution in [3.8, 4) is 5.75 Å². The number of anilines is 1. The van der Waals surface area contributed by atoms with Gasteiger partial charge in [0.05, 0.1) is 16.4 Å². The minimum Gasteiger partial charge on any atom is -0.493 e. The number of ether oxygens (including phenoxy) is 1. The van der Waals surface area contributed by atoms with Crippen LogP contribution in [0.1, 0.15) is 18.9 Å². The Balaban J connectivity index is 2.06. The van der Waals surface area contributed by atoms with E-state index in [0.29, 0.717) is 18.8 Å². The van der Waals surface area contributed by atoms with Crippen LogP contribution in [0, 0.1) is 10.1 Å². The first-order valence-electron chi connectivity index (χ1n) is 9.55. The third-order valence-corrected chi connectivity index (χ3v) is 5.95. The quantitative estimate of drug-likeness (QED) is 0.385. The van der Waals surface area contributed by atoms with Crippen LogP contribution in [0.15, 0.2) is 59.5 Å². The van der Waals surface area contributed by atoms with Crippen molar-refractivity contribution in [3.63, 3.8) is 0 Å². The summed E-state index contributed by atoms with van der Waals surface area (Å²) in [5, 5.41) is 13.7. The number of nitro benzene ring substituents is 1. The molecule has 0 spiro atoms. The van der Waals surface area contributed by atoms with E-state index in [4.69, 9.17) is 4.74 Å². The van der Waals surface area contributed by atoms with Crippen LogP contribution in [0.3, 0.4) is 0 Å². The molecule has 0 amide bonds. The first kappa shape index (κ1) is 21.6. The van der Waals surface area contributed by atoms with E-state index >= 15 is 0 Å². The maximum Gasteiger partial charge on any atom is 0.293 e. The van der Waals surface area contributed by atoms with Crippen molar-refractivity contribution in [2.45, 2.75) is 24.8 Å². The molecule has 0 fully saturated rings. The fraction of sp³-hybridized carbons (Fsp3) is 0.273. The molecule has 0 aliphatic heterocycles. The van der Waals surface area contributed by atoms with Crippen molar-refractivity contribution in [1.29, 1.82) is 0 Å². The molecular weight excluding hydrogens is 404 g/mol. The lowest BCUT2D eigenvalue weighted by atomic mass is 10.0. The Labute approximate surface area is 176 Å².